The second kappa shape index (κ2) is 5.92. The standard InChI is InChI=1S/C20H20N2O/c1-15-13-20(22-11-5-6-12-22)18-14-17(9-10-19(18)21-15)23-16-7-3-2-4-8-16/h2-4,7-10,13-14H,5-6,11-12H2,1H3. The van der Waals surface area contributed by atoms with Gasteiger partial charge in [-0.2, -0.15) is 0 Å². The molecule has 3 heteroatoms. The van der Waals surface area contributed by atoms with Crippen molar-refractivity contribution in [1.82, 2.24) is 4.98 Å². The minimum Gasteiger partial charge on any atom is -0.457 e. The number of hydrogen-bond donors (Lipinski definition) is 0. The summed E-state index contributed by atoms with van der Waals surface area (Å²) in [5, 5.41) is 1.17. The average Bonchev–Trinajstić information content (AvgIpc) is 3.10. The number of pyridine rings is 1. The van der Waals surface area contributed by atoms with Crippen LogP contribution in [0.2, 0.25) is 0 Å². The summed E-state index contributed by atoms with van der Waals surface area (Å²) in [4.78, 5) is 7.14. The first-order valence-electron chi connectivity index (χ1n) is 8.19. The molecule has 23 heavy (non-hydrogen) atoms. The molecule has 0 aliphatic carbocycles. The average molecular weight is 304 g/mol. The van der Waals surface area contributed by atoms with Crippen molar-refractivity contribution in [3.63, 3.8) is 0 Å². The Kier molecular flexibility index (Phi) is 3.62. The predicted octanol–water partition coefficient (Wildman–Crippen LogP) is 4.94. The Bertz CT molecular complexity index is 824. The molecular formula is C20H20N2O. The van der Waals surface area contributed by atoms with Gasteiger partial charge in [0.2, 0.25) is 0 Å². The van der Waals surface area contributed by atoms with Crippen molar-refractivity contribution >= 4 is 16.6 Å². The van der Waals surface area contributed by atoms with Crippen LogP contribution in [0, 0.1) is 6.92 Å². The Morgan fingerprint density at radius 2 is 1.70 bits per heavy atom. The fourth-order valence-electron chi connectivity index (χ4n) is 3.22. The van der Waals surface area contributed by atoms with Gasteiger partial charge < -0.3 is 9.64 Å². The monoisotopic (exact) mass is 304 g/mol. The number of aryl methyl sites for hydroxylation is 1. The first-order valence-corrected chi connectivity index (χ1v) is 8.19. The molecule has 0 bridgehead atoms. The largest absolute Gasteiger partial charge is 0.457 e. The van der Waals surface area contributed by atoms with Gasteiger partial charge in [-0.15, -0.1) is 0 Å². The molecule has 1 aliphatic rings. The van der Waals surface area contributed by atoms with Crippen LogP contribution in [0.15, 0.2) is 54.6 Å². The van der Waals surface area contributed by atoms with Crippen molar-refractivity contribution in [1.29, 1.82) is 0 Å². The quantitative estimate of drug-likeness (QED) is 0.685. The Hall–Kier alpha value is -2.55. The number of aromatic nitrogens is 1. The summed E-state index contributed by atoms with van der Waals surface area (Å²) >= 11 is 0. The van der Waals surface area contributed by atoms with Crippen molar-refractivity contribution in [3.8, 4) is 11.5 Å². The maximum Gasteiger partial charge on any atom is 0.128 e. The van der Waals surface area contributed by atoms with E-state index < -0.39 is 0 Å². The molecule has 0 atom stereocenters. The summed E-state index contributed by atoms with van der Waals surface area (Å²) in [6.07, 6.45) is 2.53. The lowest BCUT2D eigenvalue weighted by Gasteiger charge is -2.20. The van der Waals surface area contributed by atoms with Crippen molar-refractivity contribution < 1.29 is 4.74 Å². The lowest BCUT2D eigenvalue weighted by molar-refractivity contribution is 0.483. The van der Waals surface area contributed by atoms with Crippen LogP contribution in [-0.2, 0) is 0 Å². The molecule has 2 heterocycles. The summed E-state index contributed by atoms with van der Waals surface area (Å²) in [5.74, 6) is 1.71. The molecule has 0 spiro atoms. The van der Waals surface area contributed by atoms with Gasteiger partial charge in [0.1, 0.15) is 11.5 Å². The molecule has 0 amide bonds. The zero-order valence-electron chi connectivity index (χ0n) is 13.3. The molecule has 1 aliphatic heterocycles. The first-order chi connectivity index (χ1) is 11.3. The van der Waals surface area contributed by atoms with E-state index in [0.29, 0.717) is 0 Å². The van der Waals surface area contributed by atoms with Gasteiger partial charge in [-0.05, 0) is 56.2 Å². The minimum absolute atomic E-state index is 0.856. The third-order valence-corrected chi connectivity index (χ3v) is 4.31. The lowest BCUT2D eigenvalue weighted by atomic mass is 10.1. The van der Waals surface area contributed by atoms with Gasteiger partial charge >= 0.3 is 0 Å². The zero-order valence-corrected chi connectivity index (χ0v) is 13.3. The van der Waals surface area contributed by atoms with Crippen LogP contribution >= 0.6 is 0 Å². The molecule has 4 rings (SSSR count). The van der Waals surface area contributed by atoms with Crippen LogP contribution in [0.4, 0.5) is 5.69 Å². The number of hydrogen-bond acceptors (Lipinski definition) is 3. The number of anilines is 1. The molecule has 0 N–H and O–H groups in total. The molecule has 2 aromatic carbocycles. The Morgan fingerprint density at radius 1 is 0.913 bits per heavy atom. The summed E-state index contributed by atoms with van der Waals surface area (Å²) in [6.45, 7) is 4.32. The Labute approximate surface area is 136 Å². The highest BCUT2D eigenvalue weighted by atomic mass is 16.5. The highest BCUT2D eigenvalue weighted by Gasteiger charge is 2.16. The summed E-state index contributed by atoms with van der Waals surface area (Å²) in [5.41, 5.74) is 3.38. The highest BCUT2D eigenvalue weighted by molar-refractivity contribution is 5.93. The van der Waals surface area contributed by atoms with Crippen molar-refractivity contribution in [2.24, 2.45) is 0 Å². The van der Waals surface area contributed by atoms with E-state index in [-0.39, 0.29) is 0 Å². The zero-order chi connectivity index (χ0) is 15.6. The number of rotatable bonds is 3. The summed E-state index contributed by atoms with van der Waals surface area (Å²) in [7, 11) is 0. The van der Waals surface area contributed by atoms with Crippen molar-refractivity contribution in [2.75, 3.05) is 18.0 Å². The van der Waals surface area contributed by atoms with E-state index in [9.17, 15) is 0 Å². The normalized spacial score (nSPS) is 14.4. The number of benzene rings is 2. The van der Waals surface area contributed by atoms with E-state index in [1.165, 1.54) is 23.9 Å². The van der Waals surface area contributed by atoms with Crippen LogP contribution in [0.5, 0.6) is 11.5 Å². The molecule has 1 saturated heterocycles. The van der Waals surface area contributed by atoms with E-state index in [2.05, 4.69) is 35.0 Å². The van der Waals surface area contributed by atoms with E-state index in [1.54, 1.807) is 0 Å². The molecule has 1 fully saturated rings. The summed E-state index contributed by atoms with van der Waals surface area (Å²) in [6, 6.07) is 18.3. The van der Waals surface area contributed by atoms with Crippen LogP contribution in [-0.4, -0.2) is 18.1 Å². The molecule has 0 unspecified atom stereocenters. The third kappa shape index (κ3) is 2.87. The molecule has 116 valence electrons. The molecule has 1 aromatic heterocycles. The number of ether oxygens (including phenoxy) is 1. The van der Waals surface area contributed by atoms with Gasteiger partial charge in [0, 0.05) is 29.9 Å². The van der Waals surface area contributed by atoms with Gasteiger partial charge in [-0.1, -0.05) is 18.2 Å². The summed E-state index contributed by atoms with van der Waals surface area (Å²) < 4.78 is 5.99. The molecular weight excluding hydrogens is 284 g/mol. The first kappa shape index (κ1) is 14.1. The second-order valence-corrected chi connectivity index (χ2v) is 6.07. The number of nitrogens with zero attached hydrogens (tertiary/aromatic N) is 2. The van der Waals surface area contributed by atoms with Crippen LogP contribution in [0.25, 0.3) is 10.9 Å². The minimum atomic E-state index is 0.856. The van der Waals surface area contributed by atoms with E-state index >= 15 is 0 Å². The Morgan fingerprint density at radius 3 is 2.48 bits per heavy atom. The van der Waals surface area contributed by atoms with Crippen LogP contribution in [0.3, 0.4) is 0 Å². The fraction of sp³-hybridized carbons (Fsp3) is 0.250. The van der Waals surface area contributed by atoms with Gasteiger partial charge in [0.15, 0.2) is 0 Å². The van der Waals surface area contributed by atoms with E-state index in [4.69, 9.17) is 4.74 Å². The highest BCUT2D eigenvalue weighted by Crippen LogP contribution is 2.33. The number of fused-ring (bicyclic) bond motifs is 1. The smallest absolute Gasteiger partial charge is 0.128 e. The SMILES string of the molecule is Cc1cc(N2CCCC2)c2cc(Oc3ccccc3)ccc2n1. The van der Waals surface area contributed by atoms with Crippen molar-refractivity contribution in [3.05, 3.63) is 60.3 Å². The Balaban J connectivity index is 1.77. The molecule has 3 nitrogen and oxygen atoms in total. The predicted molar refractivity (Wildman–Crippen MR) is 94.4 cm³/mol. The van der Waals surface area contributed by atoms with Crippen molar-refractivity contribution in [2.45, 2.75) is 19.8 Å². The van der Waals surface area contributed by atoms with Gasteiger partial charge in [0.05, 0.1) is 5.52 Å². The molecule has 3 aromatic rings. The van der Waals surface area contributed by atoms with Crippen LogP contribution in [0.1, 0.15) is 18.5 Å². The van der Waals surface area contributed by atoms with E-state index in [1.807, 2.05) is 36.4 Å². The lowest BCUT2D eigenvalue weighted by Crippen LogP contribution is -2.18. The maximum absolute atomic E-state index is 5.99. The van der Waals surface area contributed by atoms with Gasteiger partial charge in [-0.3, -0.25) is 4.98 Å². The van der Waals surface area contributed by atoms with Gasteiger partial charge in [0.25, 0.3) is 0 Å². The second-order valence-electron chi connectivity index (χ2n) is 6.07. The maximum atomic E-state index is 5.99. The molecule has 0 saturated carbocycles. The van der Waals surface area contributed by atoms with E-state index in [0.717, 1.165) is 35.8 Å². The van der Waals surface area contributed by atoms with Gasteiger partial charge in [-0.25, -0.2) is 0 Å². The molecule has 0 radical (unpaired) electrons. The fourth-order valence-corrected chi connectivity index (χ4v) is 3.22. The van der Waals surface area contributed by atoms with Crippen LogP contribution < -0.4 is 9.64 Å². The topological polar surface area (TPSA) is 25.4 Å². The number of para-hydroxylation sites is 1. The third-order valence-electron chi connectivity index (χ3n) is 4.31.